The Hall–Kier alpha value is -1.93. The van der Waals surface area contributed by atoms with Gasteiger partial charge in [-0.05, 0) is 31.9 Å². The second-order valence-electron chi connectivity index (χ2n) is 6.82. The molecule has 144 valence electrons. The largest absolute Gasteiger partial charge is 0.480 e. The van der Waals surface area contributed by atoms with Crippen LogP contribution in [0.1, 0.15) is 19.3 Å². The predicted octanol–water partition coefficient (Wildman–Crippen LogP) is 0.540. The van der Waals surface area contributed by atoms with Gasteiger partial charge in [-0.1, -0.05) is 0 Å². The van der Waals surface area contributed by atoms with Crippen LogP contribution < -0.4 is 15.0 Å². The molecule has 1 aromatic rings. The summed E-state index contributed by atoms with van der Waals surface area (Å²) in [4.78, 5) is 17.0. The van der Waals surface area contributed by atoms with Crippen LogP contribution in [0.15, 0.2) is 12.1 Å². The van der Waals surface area contributed by atoms with E-state index in [0.29, 0.717) is 12.4 Å². The first-order chi connectivity index (χ1) is 12.8. The van der Waals surface area contributed by atoms with Gasteiger partial charge in [0.25, 0.3) is 0 Å². The smallest absolute Gasteiger partial charge is 0.233 e. The molecule has 8 nitrogen and oxygen atoms in total. The van der Waals surface area contributed by atoms with Crippen LogP contribution in [0.2, 0.25) is 0 Å². The molecule has 2 aliphatic heterocycles. The summed E-state index contributed by atoms with van der Waals surface area (Å²) in [7, 11) is 1.57. The summed E-state index contributed by atoms with van der Waals surface area (Å²) in [6.45, 7) is 6.97. The fourth-order valence-electron chi connectivity index (χ4n) is 3.47. The molecule has 8 heteroatoms. The number of nitrogens with one attached hydrogen (secondary N) is 1. The number of methoxy groups -OCH3 is 1. The molecule has 2 fully saturated rings. The van der Waals surface area contributed by atoms with Crippen LogP contribution in [0, 0.1) is 5.92 Å². The second-order valence-corrected chi connectivity index (χ2v) is 6.82. The summed E-state index contributed by atoms with van der Waals surface area (Å²) in [5, 5.41) is 11.3. The van der Waals surface area contributed by atoms with Gasteiger partial charge in [-0.2, -0.15) is 0 Å². The molecule has 2 saturated heterocycles. The molecule has 0 aliphatic carbocycles. The first kappa shape index (κ1) is 18.8. The number of anilines is 1. The van der Waals surface area contributed by atoms with E-state index in [4.69, 9.17) is 9.47 Å². The van der Waals surface area contributed by atoms with Gasteiger partial charge in [-0.15, -0.1) is 10.2 Å². The van der Waals surface area contributed by atoms with Crippen molar-refractivity contribution in [3.05, 3.63) is 12.1 Å². The standard InChI is InChI=1S/C18H29N5O3/c1-25-17-6-5-16(20-21-17)23-9-2-4-15(14-23)18(24)19-7-3-8-22-10-12-26-13-11-22/h5-6,15H,2-4,7-14H2,1H3,(H,19,24)/t15-/m1/s1. The average Bonchev–Trinajstić information content (AvgIpc) is 2.72. The quantitative estimate of drug-likeness (QED) is 0.708. The highest BCUT2D eigenvalue weighted by Gasteiger charge is 2.26. The summed E-state index contributed by atoms with van der Waals surface area (Å²) in [6.07, 6.45) is 2.89. The van der Waals surface area contributed by atoms with Crippen molar-refractivity contribution < 1.29 is 14.3 Å². The highest BCUT2D eigenvalue weighted by molar-refractivity contribution is 5.79. The van der Waals surface area contributed by atoms with E-state index < -0.39 is 0 Å². The van der Waals surface area contributed by atoms with Crippen molar-refractivity contribution in [1.82, 2.24) is 20.4 Å². The SMILES string of the molecule is COc1ccc(N2CCC[C@@H](C(=O)NCCCN3CCOCC3)C2)nn1. The lowest BCUT2D eigenvalue weighted by atomic mass is 9.97. The number of hydrogen-bond acceptors (Lipinski definition) is 7. The summed E-state index contributed by atoms with van der Waals surface area (Å²) >= 11 is 0. The molecule has 1 atom stereocenters. The van der Waals surface area contributed by atoms with Crippen LogP contribution in [0.5, 0.6) is 5.88 Å². The molecule has 3 heterocycles. The number of carbonyl (C=O) groups excluding carboxylic acids is 1. The molecule has 26 heavy (non-hydrogen) atoms. The average molecular weight is 363 g/mol. The third-order valence-electron chi connectivity index (χ3n) is 5.01. The molecule has 1 aromatic heterocycles. The number of morpholine rings is 1. The molecule has 1 N–H and O–H groups in total. The fraction of sp³-hybridized carbons (Fsp3) is 0.722. The van der Waals surface area contributed by atoms with E-state index in [2.05, 4.69) is 25.3 Å². The third-order valence-corrected chi connectivity index (χ3v) is 5.01. The number of ether oxygens (including phenoxy) is 2. The molecular formula is C18H29N5O3. The van der Waals surface area contributed by atoms with E-state index in [1.165, 1.54) is 0 Å². The highest BCUT2D eigenvalue weighted by Crippen LogP contribution is 2.22. The Morgan fingerprint density at radius 1 is 1.31 bits per heavy atom. The maximum absolute atomic E-state index is 12.5. The molecule has 0 unspecified atom stereocenters. The van der Waals surface area contributed by atoms with Gasteiger partial charge in [-0.3, -0.25) is 9.69 Å². The van der Waals surface area contributed by atoms with Crippen LogP contribution in [-0.4, -0.2) is 80.6 Å². The topological polar surface area (TPSA) is 79.8 Å². The molecule has 1 amide bonds. The number of nitrogens with zero attached hydrogens (tertiary/aromatic N) is 4. The van der Waals surface area contributed by atoms with Crippen molar-refractivity contribution >= 4 is 11.7 Å². The minimum atomic E-state index is 0.0102. The summed E-state index contributed by atoms with van der Waals surface area (Å²) < 4.78 is 10.4. The molecule has 0 radical (unpaired) electrons. The number of amides is 1. The van der Waals surface area contributed by atoms with Crippen LogP contribution in [0.4, 0.5) is 5.82 Å². The lowest BCUT2D eigenvalue weighted by Gasteiger charge is -2.32. The monoisotopic (exact) mass is 363 g/mol. The molecular weight excluding hydrogens is 334 g/mol. The third kappa shape index (κ3) is 5.28. The number of rotatable bonds is 7. The zero-order valence-electron chi connectivity index (χ0n) is 15.5. The number of aromatic nitrogens is 2. The van der Waals surface area contributed by atoms with Crippen LogP contribution >= 0.6 is 0 Å². The summed E-state index contributed by atoms with van der Waals surface area (Å²) in [6, 6.07) is 3.70. The van der Waals surface area contributed by atoms with E-state index in [-0.39, 0.29) is 11.8 Å². The molecule has 2 aliphatic rings. The maximum atomic E-state index is 12.5. The Labute approximate surface area is 154 Å². The normalized spacial score (nSPS) is 21.4. The second kappa shape index (κ2) is 9.68. The van der Waals surface area contributed by atoms with Gasteiger partial charge in [0.15, 0.2) is 5.82 Å². The number of hydrogen-bond donors (Lipinski definition) is 1. The lowest BCUT2D eigenvalue weighted by Crippen LogP contribution is -2.44. The van der Waals surface area contributed by atoms with Crippen LogP contribution in [-0.2, 0) is 9.53 Å². The summed E-state index contributed by atoms with van der Waals surface area (Å²) in [5.41, 5.74) is 0. The van der Waals surface area contributed by atoms with Gasteiger partial charge < -0.3 is 19.7 Å². The van der Waals surface area contributed by atoms with Crippen molar-refractivity contribution in [1.29, 1.82) is 0 Å². The first-order valence-electron chi connectivity index (χ1n) is 9.47. The van der Waals surface area contributed by atoms with Gasteiger partial charge in [0.2, 0.25) is 11.8 Å². The zero-order chi connectivity index (χ0) is 18.2. The van der Waals surface area contributed by atoms with Gasteiger partial charge in [-0.25, -0.2) is 0 Å². The maximum Gasteiger partial charge on any atom is 0.233 e. The Bertz CT molecular complexity index is 562. The van der Waals surface area contributed by atoms with Crippen molar-refractivity contribution in [2.24, 2.45) is 5.92 Å². The Kier molecular flexibility index (Phi) is 7.02. The minimum absolute atomic E-state index is 0.0102. The molecule has 0 aromatic carbocycles. The molecule has 0 saturated carbocycles. The number of piperidine rings is 1. The van der Waals surface area contributed by atoms with Gasteiger partial charge in [0, 0.05) is 38.8 Å². The highest BCUT2D eigenvalue weighted by atomic mass is 16.5. The molecule has 3 rings (SSSR count). The summed E-state index contributed by atoms with van der Waals surface area (Å²) in [5.74, 6) is 1.46. The Balaban J connectivity index is 1.40. The number of carbonyl (C=O) groups is 1. The first-order valence-corrected chi connectivity index (χ1v) is 9.47. The van der Waals surface area contributed by atoms with E-state index >= 15 is 0 Å². The van der Waals surface area contributed by atoms with E-state index in [0.717, 1.165) is 71.0 Å². The fourth-order valence-corrected chi connectivity index (χ4v) is 3.47. The molecule has 0 spiro atoms. The lowest BCUT2D eigenvalue weighted by molar-refractivity contribution is -0.125. The van der Waals surface area contributed by atoms with E-state index in [9.17, 15) is 4.79 Å². The van der Waals surface area contributed by atoms with Crippen LogP contribution in [0.25, 0.3) is 0 Å². The zero-order valence-corrected chi connectivity index (χ0v) is 15.5. The van der Waals surface area contributed by atoms with Crippen molar-refractivity contribution in [3.8, 4) is 5.88 Å². The minimum Gasteiger partial charge on any atom is -0.480 e. The Morgan fingerprint density at radius 2 is 2.15 bits per heavy atom. The van der Waals surface area contributed by atoms with Gasteiger partial charge >= 0.3 is 0 Å². The Morgan fingerprint density at radius 3 is 2.88 bits per heavy atom. The molecule has 0 bridgehead atoms. The van der Waals surface area contributed by atoms with Crippen molar-refractivity contribution in [2.45, 2.75) is 19.3 Å². The van der Waals surface area contributed by atoms with E-state index in [1.54, 1.807) is 13.2 Å². The van der Waals surface area contributed by atoms with Gasteiger partial charge in [0.05, 0.1) is 26.2 Å². The van der Waals surface area contributed by atoms with Gasteiger partial charge in [0.1, 0.15) is 0 Å². The van der Waals surface area contributed by atoms with Crippen LogP contribution in [0.3, 0.4) is 0 Å². The van der Waals surface area contributed by atoms with E-state index in [1.807, 2.05) is 6.07 Å². The van der Waals surface area contributed by atoms with Crippen molar-refractivity contribution in [2.75, 3.05) is 64.5 Å². The predicted molar refractivity (Wildman–Crippen MR) is 98.4 cm³/mol. The van der Waals surface area contributed by atoms with Crippen molar-refractivity contribution in [3.63, 3.8) is 0 Å².